The monoisotopic (exact) mass is 285 g/mol. The number of carbonyl (C=O) groups excluding carboxylic acids is 1. The summed E-state index contributed by atoms with van der Waals surface area (Å²) in [5.74, 6) is -0.151. The third-order valence-electron chi connectivity index (χ3n) is 4.15. The van der Waals surface area contributed by atoms with Crippen molar-refractivity contribution in [1.82, 2.24) is 5.32 Å². The number of carbonyl (C=O) groups is 1. The minimum Gasteiger partial charge on any atom is -0.378 e. The van der Waals surface area contributed by atoms with Crippen LogP contribution in [-0.4, -0.2) is 25.5 Å². The SMILES string of the molecule is CN(C)c1cccc(C(=O)NC2(C#N)CCCCCC2)c1. The first-order valence-corrected chi connectivity index (χ1v) is 7.57. The zero-order chi connectivity index (χ0) is 15.3. The molecule has 0 saturated heterocycles. The summed E-state index contributed by atoms with van der Waals surface area (Å²) in [4.78, 5) is 14.4. The number of nitrogens with zero attached hydrogens (tertiary/aromatic N) is 2. The molecule has 1 aromatic carbocycles. The molecular weight excluding hydrogens is 262 g/mol. The van der Waals surface area contributed by atoms with Crippen molar-refractivity contribution >= 4 is 11.6 Å². The van der Waals surface area contributed by atoms with Gasteiger partial charge in [-0.25, -0.2) is 0 Å². The van der Waals surface area contributed by atoms with Gasteiger partial charge in [-0.05, 0) is 31.0 Å². The maximum atomic E-state index is 12.5. The van der Waals surface area contributed by atoms with E-state index in [9.17, 15) is 10.1 Å². The lowest BCUT2D eigenvalue weighted by Crippen LogP contribution is -2.47. The normalized spacial score (nSPS) is 17.4. The van der Waals surface area contributed by atoms with Crippen molar-refractivity contribution in [2.24, 2.45) is 0 Å². The number of nitrogens with one attached hydrogen (secondary N) is 1. The Labute approximate surface area is 126 Å². The molecule has 0 aromatic heterocycles. The van der Waals surface area contributed by atoms with Gasteiger partial charge < -0.3 is 10.2 Å². The third-order valence-corrected chi connectivity index (χ3v) is 4.15. The van der Waals surface area contributed by atoms with Crippen molar-refractivity contribution in [3.8, 4) is 6.07 Å². The van der Waals surface area contributed by atoms with Gasteiger partial charge in [-0.1, -0.05) is 31.7 Å². The number of nitriles is 1. The van der Waals surface area contributed by atoms with Gasteiger partial charge in [0.2, 0.25) is 0 Å². The van der Waals surface area contributed by atoms with E-state index in [0.29, 0.717) is 5.56 Å². The molecule has 1 N–H and O–H groups in total. The lowest BCUT2D eigenvalue weighted by molar-refractivity contribution is 0.0913. The Kier molecular flexibility index (Phi) is 4.85. The number of benzene rings is 1. The van der Waals surface area contributed by atoms with E-state index in [0.717, 1.165) is 44.2 Å². The second kappa shape index (κ2) is 6.62. The summed E-state index contributed by atoms with van der Waals surface area (Å²) in [5, 5.41) is 12.5. The van der Waals surface area contributed by atoms with E-state index in [4.69, 9.17) is 0 Å². The zero-order valence-electron chi connectivity index (χ0n) is 12.9. The predicted molar refractivity (Wildman–Crippen MR) is 84.3 cm³/mol. The second-order valence-corrected chi connectivity index (χ2v) is 6.01. The van der Waals surface area contributed by atoms with Crippen molar-refractivity contribution in [1.29, 1.82) is 5.26 Å². The van der Waals surface area contributed by atoms with Crippen molar-refractivity contribution < 1.29 is 4.79 Å². The topological polar surface area (TPSA) is 56.1 Å². The Balaban J connectivity index is 2.16. The molecule has 21 heavy (non-hydrogen) atoms. The average molecular weight is 285 g/mol. The molecule has 0 unspecified atom stereocenters. The van der Waals surface area contributed by atoms with Gasteiger partial charge in [0.25, 0.3) is 5.91 Å². The lowest BCUT2D eigenvalue weighted by atomic mass is 9.91. The molecule has 4 heteroatoms. The highest BCUT2D eigenvalue weighted by atomic mass is 16.1. The molecule has 0 atom stereocenters. The van der Waals surface area contributed by atoms with Crippen LogP contribution in [0.25, 0.3) is 0 Å². The molecule has 2 rings (SSSR count). The van der Waals surface area contributed by atoms with Gasteiger partial charge in [-0.3, -0.25) is 4.79 Å². The fourth-order valence-corrected chi connectivity index (χ4v) is 2.81. The van der Waals surface area contributed by atoms with E-state index in [1.54, 1.807) is 6.07 Å². The Bertz CT molecular complexity index is 537. The summed E-state index contributed by atoms with van der Waals surface area (Å²) >= 11 is 0. The zero-order valence-corrected chi connectivity index (χ0v) is 12.9. The Hall–Kier alpha value is -2.02. The molecule has 1 saturated carbocycles. The van der Waals surface area contributed by atoms with Gasteiger partial charge in [-0.15, -0.1) is 0 Å². The van der Waals surface area contributed by atoms with Crippen LogP contribution in [0.15, 0.2) is 24.3 Å². The van der Waals surface area contributed by atoms with Crippen LogP contribution < -0.4 is 10.2 Å². The van der Waals surface area contributed by atoms with Crippen molar-refractivity contribution in [3.63, 3.8) is 0 Å². The predicted octanol–water partition coefficient (Wildman–Crippen LogP) is 3.10. The summed E-state index contributed by atoms with van der Waals surface area (Å²) in [6.45, 7) is 0. The molecule has 0 radical (unpaired) electrons. The largest absolute Gasteiger partial charge is 0.378 e. The van der Waals surface area contributed by atoms with Crippen LogP contribution in [-0.2, 0) is 0 Å². The summed E-state index contributed by atoms with van der Waals surface area (Å²) in [7, 11) is 3.89. The highest BCUT2D eigenvalue weighted by Gasteiger charge is 2.32. The Morgan fingerprint density at radius 3 is 2.48 bits per heavy atom. The van der Waals surface area contributed by atoms with Crippen LogP contribution in [0, 0.1) is 11.3 Å². The summed E-state index contributed by atoms with van der Waals surface area (Å²) in [6.07, 6.45) is 5.81. The first-order chi connectivity index (χ1) is 10.1. The van der Waals surface area contributed by atoms with Crippen LogP contribution in [0.4, 0.5) is 5.69 Å². The van der Waals surface area contributed by atoms with Crippen molar-refractivity contribution in [2.75, 3.05) is 19.0 Å². The minimum atomic E-state index is -0.693. The molecule has 1 fully saturated rings. The first kappa shape index (κ1) is 15.4. The van der Waals surface area contributed by atoms with Gasteiger partial charge in [0, 0.05) is 25.3 Å². The molecule has 1 aliphatic rings. The van der Waals surface area contributed by atoms with Gasteiger partial charge >= 0.3 is 0 Å². The smallest absolute Gasteiger partial charge is 0.252 e. The maximum Gasteiger partial charge on any atom is 0.252 e. The second-order valence-electron chi connectivity index (χ2n) is 6.01. The molecule has 0 spiro atoms. The Morgan fingerprint density at radius 2 is 1.90 bits per heavy atom. The van der Waals surface area contributed by atoms with Crippen LogP contribution in [0.5, 0.6) is 0 Å². The van der Waals surface area contributed by atoms with Gasteiger partial charge in [-0.2, -0.15) is 5.26 Å². The molecule has 0 bridgehead atoms. The molecule has 0 heterocycles. The summed E-state index contributed by atoms with van der Waals surface area (Å²) in [6, 6.07) is 9.84. The number of hydrogen-bond acceptors (Lipinski definition) is 3. The molecular formula is C17H23N3O. The van der Waals surface area contributed by atoms with E-state index in [1.807, 2.05) is 37.2 Å². The standard InChI is InChI=1S/C17H23N3O/c1-20(2)15-9-7-8-14(12-15)16(21)19-17(13-18)10-5-3-4-6-11-17/h7-9,12H,3-6,10-11H2,1-2H3,(H,19,21). The van der Waals surface area contributed by atoms with Gasteiger partial charge in [0.1, 0.15) is 5.54 Å². The first-order valence-electron chi connectivity index (χ1n) is 7.57. The lowest BCUT2D eigenvalue weighted by Gasteiger charge is -2.26. The number of rotatable bonds is 3. The molecule has 4 nitrogen and oxygen atoms in total. The van der Waals surface area contributed by atoms with Crippen LogP contribution >= 0.6 is 0 Å². The average Bonchev–Trinajstić information content (AvgIpc) is 2.73. The molecule has 1 amide bonds. The third kappa shape index (κ3) is 3.75. The van der Waals surface area contributed by atoms with E-state index in [2.05, 4.69) is 11.4 Å². The van der Waals surface area contributed by atoms with Gasteiger partial charge in [0.05, 0.1) is 6.07 Å². The maximum absolute atomic E-state index is 12.5. The molecule has 1 aliphatic carbocycles. The molecule has 1 aromatic rings. The summed E-state index contributed by atoms with van der Waals surface area (Å²) in [5.41, 5.74) is 0.899. The van der Waals surface area contributed by atoms with Crippen LogP contribution in [0.1, 0.15) is 48.9 Å². The number of hydrogen-bond donors (Lipinski definition) is 1. The molecule has 112 valence electrons. The van der Waals surface area contributed by atoms with Crippen molar-refractivity contribution in [3.05, 3.63) is 29.8 Å². The van der Waals surface area contributed by atoms with E-state index in [1.165, 1.54) is 0 Å². The van der Waals surface area contributed by atoms with Crippen molar-refractivity contribution in [2.45, 2.75) is 44.1 Å². The molecule has 0 aliphatic heterocycles. The fraction of sp³-hybridized carbons (Fsp3) is 0.529. The number of amides is 1. The van der Waals surface area contributed by atoms with Crippen LogP contribution in [0.2, 0.25) is 0 Å². The minimum absolute atomic E-state index is 0.151. The van der Waals surface area contributed by atoms with E-state index < -0.39 is 5.54 Å². The van der Waals surface area contributed by atoms with Gasteiger partial charge in [0.15, 0.2) is 0 Å². The fourth-order valence-electron chi connectivity index (χ4n) is 2.81. The highest BCUT2D eigenvalue weighted by Crippen LogP contribution is 2.27. The quantitative estimate of drug-likeness (QED) is 0.868. The van der Waals surface area contributed by atoms with E-state index >= 15 is 0 Å². The van der Waals surface area contributed by atoms with E-state index in [-0.39, 0.29) is 5.91 Å². The highest BCUT2D eigenvalue weighted by molar-refractivity contribution is 5.95. The summed E-state index contributed by atoms with van der Waals surface area (Å²) < 4.78 is 0. The number of anilines is 1. The van der Waals surface area contributed by atoms with Crippen LogP contribution in [0.3, 0.4) is 0 Å². The Morgan fingerprint density at radius 1 is 1.24 bits per heavy atom.